The summed E-state index contributed by atoms with van der Waals surface area (Å²) in [7, 11) is 0. The van der Waals surface area contributed by atoms with Gasteiger partial charge in [-0.25, -0.2) is 13.2 Å². The minimum atomic E-state index is -1.42. The number of hydrogen-bond donors (Lipinski definition) is 1. The third-order valence-corrected chi connectivity index (χ3v) is 8.49. The zero-order valence-electron chi connectivity index (χ0n) is 20.1. The molecule has 1 aromatic heterocycles. The number of pyridine rings is 1. The predicted octanol–water partition coefficient (Wildman–Crippen LogP) is 6.25. The Labute approximate surface area is 204 Å². The molecule has 3 saturated heterocycles. The number of allylic oxidation sites excluding steroid dienone is 1. The van der Waals surface area contributed by atoms with E-state index in [0.29, 0.717) is 16.3 Å². The molecule has 35 heavy (non-hydrogen) atoms. The first-order valence-electron chi connectivity index (χ1n) is 12.5. The van der Waals surface area contributed by atoms with Crippen LogP contribution in [0.2, 0.25) is 0 Å². The number of fused-ring (bicyclic) bond motifs is 4. The SMILES string of the molecule is C=CCc1ccc2nccc([C@H](O)[C@H]3C[C@@H]4CC[N@@+]3(Cc3ccc(F)c(F)c3F)C[C@@H]4CC)c2c1. The van der Waals surface area contributed by atoms with Gasteiger partial charge in [-0.05, 0) is 60.2 Å². The number of piperidine rings is 3. The molecule has 6 heteroatoms. The molecule has 184 valence electrons. The van der Waals surface area contributed by atoms with Crippen molar-refractivity contribution in [3.05, 3.63) is 89.4 Å². The van der Waals surface area contributed by atoms with E-state index in [0.717, 1.165) is 66.9 Å². The van der Waals surface area contributed by atoms with Crippen molar-refractivity contribution in [2.75, 3.05) is 13.1 Å². The van der Waals surface area contributed by atoms with Crippen LogP contribution >= 0.6 is 0 Å². The Hall–Kier alpha value is -2.70. The first-order valence-corrected chi connectivity index (χ1v) is 12.5. The zero-order valence-corrected chi connectivity index (χ0v) is 20.1. The molecule has 0 saturated carbocycles. The van der Waals surface area contributed by atoms with Crippen molar-refractivity contribution in [3.63, 3.8) is 0 Å². The molecule has 0 aliphatic carbocycles. The highest BCUT2D eigenvalue weighted by molar-refractivity contribution is 5.83. The minimum absolute atomic E-state index is 0.169. The van der Waals surface area contributed by atoms with Crippen LogP contribution in [0.5, 0.6) is 0 Å². The summed E-state index contributed by atoms with van der Waals surface area (Å²) in [5.41, 5.74) is 2.90. The number of nitrogens with zero attached hydrogens (tertiary/aromatic N) is 2. The standard InChI is InChI=1S/C29H32F3N2O/c1-3-5-18-6-9-25-23(14-18)22(10-12-33-25)29(35)26-15-20-11-13-34(26,16-19(20)4-2)17-21-7-8-24(30)28(32)27(21)31/h3,6-10,12,14,19-20,26,29,35H,1,4-5,11,13,15-17H2,2H3/q+1/t19-,20-,26+,29-,34-/m0/s1. The number of aliphatic hydroxyl groups is 1. The van der Waals surface area contributed by atoms with E-state index in [1.807, 2.05) is 24.3 Å². The summed E-state index contributed by atoms with van der Waals surface area (Å²) in [4.78, 5) is 4.49. The van der Waals surface area contributed by atoms with Gasteiger partial charge >= 0.3 is 0 Å². The van der Waals surface area contributed by atoms with Gasteiger partial charge in [-0.3, -0.25) is 4.98 Å². The topological polar surface area (TPSA) is 33.1 Å². The Balaban J connectivity index is 1.57. The molecule has 2 bridgehead atoms. The summed E-state index contributed by atoms with van der Waals surface area (Å²) in [6.45, 7) is 7.81. The van der Waals surface area contributed by atoms with Gasteiger partial charge in [-0.15, -0.1) is 6.58 Å². The number of aromatic nitrogens is 1. The van der Waals surface area contributed by atoms with Crippen LogP contribution in [0.25, 0.3) is 10.9 Å². The maximum absolute atomic E-state index is 14.8. The number of benzene rings is 2. The fraction of sp³-hybridized carbons (Fsp3) is 0.414. The van der Waals surface area contributed by atoms with Crippen LogP contribution in [0.3, 0.4) is 0 Å². The summed E-state index contributed by atoms with van der Waals surface area (Å²) in [6.07, 6.45) is 6.33. The minimum Gasteiger partial charge on any atom is -0.382 e. The molecule has 5 atom stereocenters. The van der Waals surface area contributed by atoms with E-state index in [-0.39, 0.29) is 18.2 Å². The van der Waals surface area contributed by atoms with Gasteiger partial charge in [0.15, 0.2) is 17.5 Å². The Morgan fingerprint density at radius 3 is 2.77 bits per heavy atom. The molecule has 2 aromatic carbocycles. The van der Waals surface area contributed by atoms with Gasteiger partial charge in [0.1, 0.15) is 18.7 Å². The largest absolute Gasteiger partial charge is 0.382 e. The molecule has 4 heterocycles. The molecule has 0 spiro atoms. The molecule has 6 rings (SSSR count). The lowest BCUT2D eigenvalue weighted by molar-refractivity contribution is -0.986. The lowest BCUT2D eigenvalue weighted by Gasteiger charge is -2.58. The highest BCUT2D eigenvalue weighted by atomic mass is 19.2. The average Bonchev–Trinajstić information content (AvgIpc) is 2.88. The van der Waals surface area contributed by atoms with Gasteiger partial charge in [0.2, 0.25) is 0 Å². The lowest BCUT2D eigenvalue weighted by Crippen LogP contribution is -2.67. The number of quaternary nitrogens is 1. The fourth-order valence-electron chi connectivity index (χ4n) is 6.66. The smallest absolute Gasteiger partial charge is 0.194 e. The van der Waals surface area contributed by atoms with Gasteiger partial charge in [0.25, 0.3) is 0 Å². The van der Waals surface area contributed by atoms with Crippen LogP contribution in [0.1, 0.15) is 49.0 Å². The second-order valence-electron chi connectivity index (χ2n) is 10.3. The van der Waals surface area contributed by atoms with E-state index >= 15 is 0 Å². The Kier molecular flexibility index (Phi) is 6.45. The fourth-order valence-corrected chi connectivity index (χ4v) is 6.66. The Morgan fingerprint density at radius 2 is 2.00 bits per heavy atom. The quantitative estimate of drug-likeness (QED) is 0.246. The van der Waals surface area contributed by atoms with Gasteiger partial charge in [0.05, 0.1) is 18.6 Å². The van der Waals surface area contributed by atoms with Crippen LogP contribution in [-0.4, -0.2) is 33.7 Å². The number of hydrogen-bond acceptors (Lipinski definition) is 2. The number of rotatable bonds is 7. The van der Waals surface area contributed by atoms with Gasteiger partial charge in [-0.1, -0.05) is 19.1 Å². The van der Waals surface area contributed by atoms with Crippen LogP contribution in [0.4, 0.5) is 13.2 Å². The van der Waals surface area contributed by atoms with Crippen molar-refractivity contribution in [1.82, 2.24) is 4.98 Å². The lowest BCUT2D eigenvalue weighted by atomic mass is 9.70. The molecule has 0 radical (unpaired) electrons. The molecule has 3 fully saturated rings. The third kappa shape index (κ3) is 4.17. The van der Waals surface area contributed by atoms with E-state index in [4.69, 9.17) is 0 Å². The maximum atomic E-state index is 14.8. The van der Waals surface area contributed by atoms with Crippen molar-refractivity contribution in [2.24, 2.45) is 11.8 Å². The molecule has 0 amide bonds. The molecule has 3 aromatic rings. The summed E-state index contributed by atoms with van der Waals surface area (Å²) in [6, 6.07) is 10.1. The van der Waals surface area contributed by atoms with Crippen molar-refractivity contribution in [3.8, 4) is 0 Å². The van der Waals surface area contributed by atoms with Gasteiger partial charge in [0, 0.05) is 35.9 Å². The summed E-state index contributed by atoms with van der Waals surface area (Å²) < 4.78 is 43.0. The average molecular weight is 482 g/mol. The molecular formula is C29H32F3N2O+. The third-order valence-electron chi connectivity index (χ3n) is 8.49. The van der Waals surface area contributed by atoms with Gasteiger partial charge < -0.3 is 9.59 Å². The normalized spacial score (nSPS) is 26.7. The van der Waals surface area contributed by atoms with Crippen LogP contribution in [-0.2, 0) is 13.0 Å². The maximum Gasteiger partial charge on any atom is 0.194 e. The summed E-state index contributed by atoms with van der Waals surface area (Å²) in [5.74, 6) is -2.75. The highest BCUT2D eigenvalue weighted by Crippen LogP contribution is 2.48. The first-order chi connectivity index (χ1) is 16.9. The molecule has 1 N–H and O–H groups in total. The number of aliphatic hydroxyl groups excluding tert-OH is 1. The van der Waals surface area contributed by atoms with Crippen molar-refractivity contribution < 1.29 is 22.8 Å². The van der Waals surface area contributed by atoms with E-state index in [9.17, 15) is 18.3 Å². The van der Waals surface area contributed by atoms with E-state index < -0.39 is 23.6 Å². The predicted molar refractivity (Wildman–Crippen MR) is 131 cm³/mol. The summed E-state index contributed by atoms with van der Waals surface area (Å²) in [5, 5.41) is 12.8. The second-order valence-corrected chi connectivity index (χ2v) is 10.3. The molecule has 0 unspecified atom stereocenters. The first kappa shape index (κ1) is 24.0. The Bertz CT molecular complexity index is 1260. The molecule has 3 aliphatic rings. The van der Waals surface area contributed by atoms with Crippen molar-refractivity contribution in [1.29, 1.82) is 0 Å². The van der Waals surface area contributed by atoms with E-state index in [1.165, 1.54) is 6.07 Å². The summed E-state index contributed by atoms with van der Waals surface area (Å²) >= 11 is 0. The van der Waals surface area contributed by atoms with Crippen LogP contribution in [0, 0.1) is 29.3 Å². The van der Waals surface area contributed by atoms with Crippen molar-refractivity contribution in [2.45, 2.75) is 51.3 Å². The zero-order chi connectivity index (χ0) is 24.7. The molecule has 3 aliphatic heterocycles. The number of halogens is 3. The second kappa shape index (κ2) is 9.40. The highest BCUT2D eigenvalue weighted by Gasteiger charge is 2.54. The van der Waals surface area contributed by atoms with E-state index in [2.05, 4.69) is 24.6 Å². The van der Waals surface area contributed by atoms with Crippen LogP contribution < -0.4 is 0 Å². The van der Waals surface area contributed by atoms with Gasteiger partial charge in [-0.2, -0.15) is 0 Å². The van der Waals surface area contributed by atoms with E-state index in [1.54, 1.807) is 6.20 Å². The molecule has 3 nitrogen and oxygen atoms in total. The monoisotopic (exact) mass is 481 g/mol. The Morgan fingerprint density at radius 1 is 1.17 bits per heavy atom. The van der Waals surface area contributed by atoms with Crippen LogP contribution in [0.15, 0.2) is 55.3 Å². The molecular weight excluding hydrogens is 449 g/mol. The van der Waals surface area contributed by atoms with Crippen molar-refractivity contribution >= 4 is 10.9 Å².